The molecule has 1 aliphatic rings. The summed E-state index contributed by atoms with van der Waals surface area (Å²) in [5.74, 6) is -1.72. The van der Waals surface area contributed by atoms with E-state index in [0.717, 1.165) is 5.56 Å². The first-order valence-electron chi connectivity index (χ1n) is 12.4. The zero-order valence-corrected chi connectivity index (χ0v) is 21.1. The molecule has 1 heterocycles. The lowest BCUT2D eigenvalue weighted by Crippen LogP contribution is -2.53. The van der Waals surface area contributed by atoms with E-state index in [1.165, 1.54) is 48.5 Å². The van der Waals surface area contributed by atoms with Crippen molar-refractivity contribution in [2.75, 3.05) is 18.4 Å². The molecule has 8 heteroatoms. The normalized spacial score (nSPS) is 16.7. The standard InChI is InChI=1S/C31H25F2N3O3/c1-21-5-2-3-8-28(21)31(35(20-37)17-18-36(31)30(39)23-11-15-26(33)16-12-23)24-6-4-7-27(19-24)34-29(38)22-9-13-25(32)14-10-22/h2-16,19-20H,17-18H2,1H3,(H,34,38). The highest BCUT2D eigenvalue weighted by Crippen LogP contribution is 2.45. The van der Waals surface area contributed by atoms with Crippen LogP contribution in [0.4, 0.5) is 14.5 Å². The van der Waals surface area contributed by atoms with Gasteiger partial charge in [0.1, 0.15) is 11.6 Å². The van der Waals surface area contributed by atoms with Crippen LogP contribution in [0.1, 0.15) is 37.4 Å². The highest BCUT2D eigenvalue weighted by molar-refractivity contribution is 6.04. The van der Waals surface area contributed by atoms with Crippen LogP contribution in [0.25, 0.3) is 0 Å². The second kappa shape index (κ2) is 10.5. The Hall–Kier alpha value is -4.85. The zero-order chi connectivity index (χ0) is 27.6. The van der Waals surface area contributed by atoms with Crippen LogP contribution in [0, 0.1) is 18.6 Å². The summed E-state index contributed by atoms with van der Waals surface area (Å²) in [7, 11) is 0. The van der Waals surface area contributed by atoms with Crippen molar-refractivity contribution in [1.82, 2.24) is 9.80 Å². The van der Waals surface area contributed by atoms with Gasteiger partial charge in [-0.1, -0.05) is 36.4 Å². The first kappa shape index (κ1) is 25.8. The number of nitrogens with zero attached hydrogens (tertiary/aromatic N) is 2. The van der Waals surface area contributed by atoms with Gasteiger partial charge in [-0.3, -0.25) is 14.4 Å². The van der Waals surface area contributed by atoms with E-state index < -0.39 is 23.2 Å². The van der Waals surface area contributed by atoms with Crippen molar-refractivity contribution in [2.24, 2.45) is 0 Å². The fraction of sp³-hybridized carbons (Fsp3) is 0.129. The van der Waals surface area contributed by atoms with Crippen molar-refractivity contribution < 1.29 is 23.2 Å². The summed E-state index contributed by atoms with van der Waals surface area (Å²) in [5.41, 5.74) is 1.79. The van der Waals surface area contributed by atoms with Crippen LogP contribution in [0.5, 0.6) is 0 Å². The Balaban J connectivity index is 1.64. The maximum atomic E-state index is 13.9. The number of nitrogens with one attached hydrogen (secondary N) is 1. The fourth-order valence-corrected chi connectivity index (χ4v) is 5.17. The minimum absolute atomic E-state index is 0.232. The Bertz CT molecular complexity index is 1540. The van der Waals surface area contributed by atoms with Gasteiger partial charge in [0.15, 0.2) is 5.66 Å². The predicted molar refractivity (Wildman–Crippen MR) is 143 cm³/mol. The predicted octanol–water partition coefficient (Wildman–Crippen LogP) is 5.34. The molecule has 196 valence electrons. The monoisotopic (exact) mass is 525 g/mol. The third-order valence-electron chi connectivity index (χ3n) is 6.98. The smallest absolute Gasteiger partial charge is 0.256 e. The van der Waals surface area contributed by atoms with E-state index in [9.17, 15) is 23.2 Å². The lowest BCUT2D eigenvalue weighted by Gasteiger charge is -2.44. The minimum atomic E-state index is -1.34. The summed E-state index contributed by atoms with van der Waals surface area (Å²) < 4.78 is 27.0. The Kier molecular flexibility index (Phi) is 6.94. The van der Waals surface area contributed by atoms with Crippen molar-refractivity contribution in [3.05, 3.63) is 137 Å². The molecule has 4 aromatic carbocycles. The van der Waals surface area contributed by atoms with E-state index >= 15 is 0 Å². The summed E-state index contributed by atoms with van der Waals surface area (Å²) in [4.78, 5) is 42.5. The number of benzene rings is 4. The number of carbonyl (C=O) groups excluding carboxylic acids is 3. The van der Waals surface area contributed by atoms with Gasteiger partial charge >= 0.3 is 0 Å². The van der Waals surface area contributed by atoms with Crippen LogP contribution < -0.4 is 5.32 Å². The molecule has 1 atom stereocenters. The molecule has 0 saturated carbocycles. The lowest BCUT2D eigenvalue weighted by atomic mass is 9.85. The molecule has 0 bridgehead atoms. The van der Waals surface area contributed by atoms with E-state index in [1.54, 1.807) is 34.1 Å². The first-order chi connectivity index (χ1) is 18.8. The molecule has 4 aromatic rings. The lowest BCUT2D eigenvalue weighted by molar-refractivity contribution is -0.123. The molecule has 0 spiro atoms. The van der Waals surface area contributed by atoms with Crippen LogP contribution in [-0.4, -0.2) is 41.1 Å². The molecule has 1 saturated heterocycles. The average molecular weight is 526 g/mol. The molecule has 1 fully saturated rings. The van der Waals surface area contributed by atoms with E-state index in [2.05, 4.69) is 5.32 Å². The summed E-state index contributed by atoms with van der Waals surface area (Å²) in [5, 5.41) is 2.83. The molecule has 0 aromatic heterocycles. The summed E-state index contributed by atoms with van der Waals surface area (Å²) in [6.45, 7) is 2.39. The van der Waals surface area contributed by atoms with Crippen molar-refractivity contribution in [2.45, 2.75) is 12.6 Å². The molecule has 1 aliphatic heterocycles. The summed E-state index contributed by atoms with van der Waals surface area (Å²) in [6.07, 6.45) is 0.716. The van der Waals surface area contributed by atoms with Crippen molar-refractivity contribution in [3.63, 3.8) is 0 Å². The van der Waals surface area contributed by atoms with Gasteiger partial charge in [-0.25, -0.2) is 8.78 Å². The molecule has 0 aliphatic carbocycles. The van der Waals surface area contributed by atoms with Gasteiger partial charge in [0.2, 0.25) is 6.41 Å². The Morgan fingerprint density at radius 2 is 1.46 bits per heavy atom. The zero-order valence-electron chi connectivity index (χ0n) is 21.1. The number of anilines is 1. The molecular weight excluding hydrogens is 500 g/mol. The number of rotatable bonds is 6. The van der Waals surface area contributed by atoms with Crippen molar-refractivity contribution in [3.8, 4) is 0 Å². The van der Waals surface area contributed by atoms with Gasteiger partial charge < -0.3 is 15.1 Å². The minimum Gasteiger partial charge on any atom is -0.322 e. The van der Waals surface area contributed by atoms with Gasteiger partial charge in [0, 0.05) is 41.0 Å². The van der Waals surface area contributed by atoms with Crippen LogP contribution in [0.2, 0.25) is 0 Å². The average Bonchev–Trinajstić information content (AvgIpc) is 3.34. The van der Waals surface area contributed by atoms with Gasteiger partial charge in [-0.05, 0) is 73.2 Å². The fourth-order valence-electron chi connectivity index (χ4n) is 5.17. The van der Waals surface area contributed by atoms with Crippen LogP contribution in [0.3, 0.4) is 0 Å². The molecule has 39 heavy (non-hydrogen) atoms. The maximum Gasteiger partial charge on any atom is 0.256 e. The summed E-state index contributed by atoms with van der Waals surface area (Å²) >= 11 is 0. The molecular formula is C31H25F2N3O3. The van der Waals surface area contributed by atoms with Crippen LogP contribution in [0.15, 0.2) is 97.1 Å². The Labute approximate surface area is 224 Å². The maximum absolute atomic E-state index is 13.9. The second-order valence-corrected chi connectivity index (χ2v) is 9.29. The molecule has 6 nitrogen and oxygen atoms in total. The number of hydrogen-bond donors (Lipinski definition) is 1. The molecule has 1 unspecified atom stereocenters. The molecule has 5 rings (SSSR count). The number of carbonyl (C=O) groups is 3. The SMILES string of the molecule is Cc1ccccc1C1(c2cccc(NC(=O)c3ccc(F)cc3)c2)N(C=O)CCN1C(=O)c1ccc(F)cc1. The number of amides is 3. The van der Waals surface area contributed by atoms with Gasteiger partial charge in [0.25, 0.3) is 11.8 Å². The third kappa shape index (κ3) is 4.65. The van der Waals surface area contributed by atoms with Crippen LogP contribution in [-0.2, 0) is 10.5 Å². The van der Waals surface area contributed by atoms with E-state index in [1.807, 2.05) is 31.2 Å². The Morgan fingerprint density at radius 1 is 0.821 bits per heavy atom. The van der Waals surface area contributed by atoms with E-state index in [-0.39, 0.29) is 30.1 Å². The van der Waals surface area contributed by atoms with E-state index in [4.69, 9.17) is 0 Å². The first-order valence-corrected chi connectivity index (χ1v) is 12.4. The van der Waals surface area contributed by atoms with Crippen LogP contribution >= 0.6 is 0 Å². The van der Waals surface area contributed by atoms with Crippen molar-refractivity contribution >= 4 is 23.9 Å². The third-order valence-corrected chi connectivity index (χ3v) is 6.98. The highest BCUT2D eigenvalue weighted by Gasteiger charge is 2.52. The molecule has 0 radical (unpaired) electrons. The quantitative estimate of drug-likeness (QED) is 0.346. The number of aryl methyl sites for hydroxylation is 1. The number of hydrogen-bond acceptors (Lipinski definition) is 3. The Morgan fingerprint density at radius 3 is 2.10 bits per heavy atom. The van der Waals surface area contributed by atoms with Gasteiger partial charge in [0.05, 0.1) is 0 Å². The van der Waals surface area contributed by atoms with Gasteiger partial charge in [-0.2, -0.15) is 0 Å². The highest BCUT2D eigenvalue weighted by atomic mass is 19.1. The molecule has 1 N–H and O–H groups in total. The van der Waals surface area contributed by atoms with Gasteiger partial charge in [-0.15, -0.1) is 0 Å². The topological polar surface area (TPSA) is 69.7 Å². The van der Waals surface area contributed by atoms with Crippen molar-refractivity contribution in [1.29, 1.82) is 0 Å². The molecule has 3 amide bonds. The second-order valence-electron chi connectivity index (χ2n) is 9.29. The summed E-state index contributed by atoms with van der Waals surface area (Å²) in [6, 6.07) is 24.9. The van der Waals surface area contributed by atoms with E-state index in [0.29, 0.717) is 23.2 Å². The number of halogens is 2. The largest absolute Gasteiger partial charge is 0.322 e.